The molecule has 0 aliphatic carbocycles. The summed E-state index contributed by atoms with van der Waals surface area (Å²) < 4.78 is 0. The van der Waals surface area contributed by atoms with Gasteiger partial charge >= 0.3 is 0 Å². The fourth-order valence-corrected chi connectivity index (χ4v) is 2.09. The van der Waals surface area contributed by atoms with E-state index >= 15 is 0 Å². The highest BCUT2D eigenvalue weighted by Gasteiger charge is 2.08. The van der Waals surface area contributed by atoms with Crippen LogP contribution < -0.4 is 10.6 Å². The van der Waals surface area contributed by atoms with Gasteiger partial charge in [0.05, 0.1) is 11.9 Å². The van der Waals surface area contributed by atoms with Crippen LogP contribution in [-0.2, 0) is 0 Å². The number of nitrogen functional groups attached to an aromatic ring is 1. The maximum Gasteiger partial charge on any atom is 0.123 e. The van der Waals surface area contributed by atoms with Gasteiger partial charge in [-0.15, -0.1) is 0 Å². The second-order valence-electron chi connectivity index (χ2n) is 4.20. The Hall–Kier alpha value is -1.25. The van der Waals surface area contributed by atoms with Crippen LogP contribution in [0.1, 0.15) is 32.1 Å². The molecule has 3 nitrogen and oxygen atoms in total. The molecule has 1 fully saturated rings. The van der Waals surface area contributed by atoms with Gasteiger partial charge in [-0.05, 0) is 25.0 Å². The lowest BCUT2D eigenvalue weighted by Gasteiger charge is -2.26. The first-order valence-corrected chi connectivity index (χ1v) is 5.83. The van der Waals surface area contributed by atoms with Gasteiger partial charge in [-0.1, -0.05) is 19.3 Å². The number of aromatic nitrogens is 1. The summed E-state index contributed by atoms with van der Waals surface area (Å²) in [4.78, 5) is 6.57. The van der Waals surface area contributed by atoms with E-state index in [0.29, 0.717) is 5.82 Å². The molecule has 0 aromatic carbocycles. The van der Waals surface area contributed by atoms with Crippen LogP contribution in [0.25, 0.3) is 0 Å². The molecule has 0 saturated carbocycles. The molecule has 2 heterocycles. The first-order valence-electron chi connectivity index (χ1n) is 5.83. The number of nitrogens with zero attached hydrogens (tertiary/aromatic N) is 2. The summed E-state index contributed by atoms with van der Waals surface area (Å²) in [5.41, 5.74) is 6.80. The van der Waals surface area contributed by atoms with Gasteiger partial charge < -0.3 is 10.6 Å². The molecule has 0 atom stereocenters. The summed E-state index contributed by atoms with van der Waals surface area (Å²) in [6.07, 6.45) is 8.59. The molecule has 0 amide bonds. The number of anilines is 2. The fourth-order valence-electron chi connectivity index (χ4n) is 2.09. The van der Waals surface area contributed by atoms with Crippen molar-refractivity contribution in [2.45, 2.75) is 32.1 Å². The van der Waals surface area contributed by atoms with Crippen molar-refractivity contribution in [3.8, 4) is 0 Å². The van der Waals surface area contributed by atoms with E-state index in [-0.39, 0.29) is 0 Å². The topological polar surface area (TPSA) is 42.1 Å². The number of hydrogen-bond acceptors (Lipinski definition) is 3. The van der Waals surface area contributed by atoms with Crippen molar-refractivity contribution < 1.29 is 0 Å². The van der Waals surface area contributed by atoms with Crippen molar-refractivity contribution in [2.75, 3.05) is 23.7 Å². The Bertz CT molecular complexity index is 286. The molecule has 0 unspecified atom stereocenters. The largest absolute Gasteiger partial charge is 0.384 e. The second-order valence-corrected chi connectivity index (χ2v) is 4.20. The van der Waals surface area contributed by atoms with Crippen molar-refractivity contribution in [1.82, 2.24) is 4.98 Å². The third kappa shape index (κ3) is 2.85. The molecule has 2 N–H and O–H groups in total. The monoisotopic (exact) mass is 205 g/mol. The SMILES string of the molecule is Nc1ccc(N2CCCCCCC2)cn1. The summed E-state index contributed by atoms with van der Waals surface area (Å²) in [6.45, 7) is 2.32. The number of rotatable bonds is 1. The lowest BCUT2D eigenvalue weighted by atomic mass is 10.1. The molecule has 82 valence electrons. The molecule has 1 aromatic rings. The van der Waals surface area contributed by atoms with Crippen LogP contribution in [0.4, 0.5) is 11.5 Å². The van der Waals surface area contributed by atoms with E-state index in [0.717, 1.165) is 13.1 Å². The Morgan fingerprint density at radius 3 is 2.27 bits per heavy atom. The van der Waals surface area contributed by atoms with Crippen LogP contribution >= 0.6 is 0 Å². The molecule has 0 spiro atoms. The third-order valence-corrected chi connectivity index (χ3v) is 2.99. The van der Waals surface area contributed by atoms with Crippen molar-refractivity contribution >= 4 is 11.5 Å². The highest BCUT2D eigenvalue weighted by atomic mass is 15.1. The van der Waals surface area contributed by atoms with E-state index in [1.807, 2.05) is 12.3 Å². The smallest absolute Gasteiger partial charge is 0.123 e. The van der Waals surface area contributed by atoms with Crippen molar-refractivity contribution in [3.63, 3.8) is 0 Å². The molecule has 2 rings (SSSR count). The standard InChI is InChI=1S/C12H19N3/c13-12-7-6-11(10-14-12)15-8-4-2-1-3-5-9-15/h6-7,10H,1-5,8-9H2,(H2,13,14). The Morgan fingerprint density at radius 2 is 1.67 bits per heavy atom. The van der Waals surface area contributed by atoms with Gasteiger partial charge in [-0.25, -0.2) is 4.98 Å². The second kappa shape index (κ2) is 5.01. The minimum atomic E-state index is 0.603. The first-order chi connectivity index (χ1) is 7.36. The molecule has 3 heteroatoms. The summed E-state index contributed by atoms with van der Waals surface area (Å²) in [7, 11) is 0. The zero-order valence-electron chi connectivity index (χ0n) is 9.15. The summed E-state index contributed by atoms with van der Waals surface area (Å²) in [5, 5.41) is 0. The summed E-state index contributed by atoms with van der Waals surface area (Å²) in [5.74, 6) is 0.603. The summed E-state index contributed by atoms with van der Waals surface area (Å²) >= 11 is 0. The van der Waals surface area contributed by atoms with Crippen LogP contribution in [-0.4, -0.2) is 18.1 Å². The average Bonchev–Trinajstić information content (AvgIpc) is 2.19. The number of nitrogens with two attached hydrogens (primary N) is 1. The maximum absolute atomic E-state index is 5.58. The van der Waals surface area contributed by atoms with E-state index in [2.05, 4.69) is 16.0 Å². The van der Waals surface area contributed by atoms with E-state index in [1.54, 1.807) is 0 Å². The van der Waals surface area contributed by atoms with Gasteiger partial charge in [0, 0.05) is 13.1 Å². The van der Waals surface area contributed by atoms with Crippen molar-refractivity contribution in [2.24, 2.45) is 0 Å². The van der Waals surface area contributed by atoms with Crippen molar-refractivity contribution in [1.29, 1.82) is 0 Å². The molecule has 1 aliphatic rings. The predicted octanol–water partition coefficient (Wildman–Crippen LogP) is 2.43. The first kappa shape index (κ1) is 10.3. The van der Waals surface area contributed by atoms with Crippen molar-refractivity contribution in [3.05, 3.63) is 18.3 Å². The van der Waals surface area contributed by atoms with Gasteiger partial charge in [0.1, 0.15) is 5.82 Å². The lowest BCUT2D eigenvalue weighted by molar-refractivity contribution is 0.556. The number of pyridine rings is 1. The van der Waals surface area contributed by atoms with Crippen LogP contribution in [0.2, 0.25) is 0 Å². The quantitative estimate of drug-likeness (QED) is 0.765. The molecule has 1 aliphatic heterocycles. The van der Waals surface area contributed by atoms with E-state index in [9.17, 15) is 0 Å². The minimum absolute atomic E-state index is 0.603. The molecule has 1 saturated heterocycles. The normalized spacial score (nSPS) is 18.3. The van der Waals surface area contributed by atoms with Crippen LogP contribution in [0.3, 0.4) is 0 Å². The van der Waals surface area contributed by atoms with Gasteiger partial charge in [0.15, 0.2) is 0 Å². The zero-order chi connectivity index (χ0) is 10.5. The highest BCUT2D eigenvalue weighted by Crippen LogP contribution is 2.18. The Kier molecular flexibility index (Phi) is 3.43. The Balaban J connectivity index is 2.03. The fraction of sp³-hybridized carbons (Fsp3) is 0.583. The Morgan fingerprint density at radius 1 is 1.00 bits per heavy atom. The van der Waals surface area contributed by atoms with E-state index in [4.69, 9.17) is 5.73 Å². The minimum Gasteiger partial charge on any atom is -0.384 e. The van der Waals surface area contributed by atoms with Gasteiger partial charge in [-0.3, -0.25) is 0 Å². The molecule has 1 aromatic heterocycles. The molecule has 15 heavy (non-hydrogen) atoms. The average molecular weight is 205 g/mol. The van der Waals surface area contributed by atoms with Crippen LogP contribution in [0.15, 0.2) is 18.3 Å². The zero-order valence-corrected chi connectivity index (χ0v) is 9.15. The van der Waals surface area contributed by atoms with E-state index < -0.39 is 0 Å². The number of hydrogen-bond donors (Lipinski definition) is 1. The third-order valence-electron chi connectivity index (χ3n) is 2.99. The van der Waals surface area contributed by atoms with Gasteiger partial charge in [-0.2, -0.15) is 0 Å². The Labute approximate surface area is 91.3 Å². The lowest BCUT2D eigenvalue weighted by Crippen LogP contribution is -2.27. The van der Waals surface area contributed by atoms with E-state index in [1.165, 1.54) is 37.8 Å². The molecular formula is C12H19N3. The van der Waals surface area contributed by atoms with Gasteiger partial charge in [0.2, 0.25) is 0 Å². The molecular weight excluding hydrogens is 186 g/mol. The maximum atomic E-state index is 5.58. The summed E-state index contributed by atoms with van der Waals surface area (Å²) in [6, 6.07) is 3.96. The molecule has 0 bridgehead atoms. The van der Waals surface area contributed by atoms with Crippen LogP contribution in [0.5, 0.6) is 0 Å². The van der Waals surface area contributed by atoms with Crippen LogP contribution in [0, 0.1) is 0 Å². The molecule has 0 radical (unpaired) electrons. The highest BCUT2D eigenvalue weighted by molar-refractivity contribution is 5.47. The van der Waals surface area contributed by atoms with Gasteiger partial charge in [0.25, 0.3) is 0 Å². The predicted molar refractivity (Wildman–Crippen MR) is 63.9 cm³/mol.